The van der Waals surface area contributed by atoms with Crippen LogP contribution in [0.3, 0.4) is 0 Å². The van der Waals surface area contributed by atoms with Crippen molar-refractivity contribution in [2.75, 3.05) is 19.7 Å². The summed E-state index contributed by atoms with van der Waals surface area (Å²) in [6.07, 6.45) is 0.852. The van der Waals surface area contributed by atoms with Crippen molar-refractivity contribution in [1.29, 1.82) is 0 Å². The summed E-state index contributed by atoms with van der Waals surface area (Å²) >= 11 is 0. The molecule has 0 bridgehead atoms. The first-order valence-corrected chi connectivity index (χ1v) is 5.78. The molecule has 6 heteroatoms. The fraction of sp³-hybridized carbons (Fsp3) is 0.909. The Morgan fingerprint density at radius 2 is 1.94 bits per heavy atom. The van der Waals surface area contributed by atoms with Gasteiger partial charge >= 0.3 is 0 Å². The summed E-state index contributed by atoms with van der Waals surface area (Å²) in [5.41, 5.74) is 0. The van der Waals surface area contributed by atoms with E-state index in [9.17, 15) is 13.6 Å². The molecule has 0 saturated heterocycles. The van der Waals surface area contributed by atoms with Crippen LogP contribution in [0, 0.1) is 5.92 Å². The van der Waals surface area contributed by atoms with Gasteiger partial charge in [-0.2, -0.15) is 0 Å². The Balaban J connectivity index is 3.82. The molecule has 3 N–H and O–H groups in total. The zero-order valence-electron chi connectivity index (χ0n) is 10.6. The minimum Gasteiger partial charge on any atom is -0.390 e. The van der Waals surface area contributed by atoms with Gasteiger partial charge in [0.05, 0.1) is 12.6 Å². The molecule has 0 fully saturated rings. The average molecular weight is 252 g/mol. The maximum absolute atomic E-state index is 12.7. The van der Waals surface area contributed by atoms with Gasteiger partial charge in [-0.25, -0.2) is 8.78 Å². The van der Waals surface area contributed by atoms with E-state index < -0.39 is 25.1 Å². The quantitative estimate of drug-likeness (QED) is 0.597. The third-order valence-corrected chi connectivity index (χ3v) is 2.31. The van der Waals surface area contributed by atoms with E-state index in [2.05, 4.69) is 10.6 Å². The second kappa shape index (κ2) is 7.55. The smallest absolute Gasteiger partial charge is 0.282 e. The lowest BCUT2D eigenvalue weighted by atomic mass is 10.1. The fourth-order valence-corrected chi connectivity index (χ4v) is 1.09. The van der Waals surface area contributed by atoms with Crippen LogP contribution in [-0.4, -0.2) is 42.7 Å². The second-order valence-electron chi connectivity index (χ2n) is 4.59. The van der Waals surface area contributed by atoms with Crippen molar-refractivity contribution in [3.63, 3.8) is 0 Å². The largest absolute Gasteiger partial charge is 0.390 e. The third kappa shape index (κ3) is 8.04. The second-order valence-corrected chi connectivity index (χ2v) is 4.59. The van der Waals surface area contributed by atoms with Crippen LogP contribution in [-0.2, 0) is 4.79 Å². The number of carbonyl (C=O) groups excluding carboxylic acids is 1. The average Bonchev–Trinajstić information content (AvgIpc) is 2.25. The Kier molecular flexibility index (Phi) is 7.22. The summed E-state index contributed by atoms with van der Waals surface area (Å²) in [5.74, 6) is -3.01. The highest BCUT2D eigenvalue weighted by Gasteiger charge is 2.28. The molecule has 0 aromatic carbocycles. The summed E-state index contributed by atoms with van der Waals surface area (Å²) in [7, 11) is 0. The highest BCUT2D eigenvalue weighted by atomic mass is 19.3. The highest BCUT2D eigenvalue weighted by molar-refractivity contribution is 5.81. The van der Waals surface area contributed by atoms with E-state index in [1.54, 1.807) is 0 Å². The maximum atomic E-state index is 12.7. The predicted molar refractivity (Wildman–Crippen MR) is 62.0 cm³/mol. The van der Waals surface area contributed by atoms with Crippen LogP contribution in [0.25, 0.3) is 0 Å². The first kappa shape index (κ1) is 16.2. The van der Waals surface area contributed by atoms with Crippen LogP contribution in [0.5, 0.6) is 0 Å². The van der Waals surface area contributed by atoms with E-state index in [-0.39, 0.29) is 5.91 Å². The molecule has 0 heterocycles. The van der Waals surface area contributed by atoms with Gasteiger partial charge in [-0.15, -0.1) is 0 Å². The molecular formula is C11H22F2N2O2. The number of halogens is 2. The number of amides is 1. The van der Waals surface area contributed by atoms with Crippen molar-refractivity contribution in [2.24, 2.45) is 5.92 Å². The molecule has 0 radical (unpaired) electrons. The third-order valence-electron chi connectivity index (χ3n) is 2.31. The maximum Gasteiger partial charge on any atom is 0.282 e. The molecule has 0 spiro atoms. The van der Waals surface area contributed by atoms with Gasteiger partial charge in [0.15, 0.2) is 0 Å². The van der Waals surface area contributed by atoms with Crippen LogP contribution in [0.2, 0.25) is 0 Å². The Hall–Kier alpha value is -0.750. The molecule has 1 amide bonds. The molecule has 0 aromatic rings. The van der Waals surface area contributed by atoms with Crippen LogP contribution in [0.4, 0.5) is 8.78 Å². The summed E-state index contributed by atoms with van der Waals surface area (Å²) < 4.78 is 25.4. The van der Waals surface area contributed by atoms with Crippen molar-refractivity contribution >= 4 is 5.91 Å². The summed E-state index contributed by atoms with van der Waals surface area (Å²) in [5, 5.41) is 13.4. The molecule has 0 aliphatic carbocycles. The predicted octanol–water partition coefficient (Wildman–Crippen LogP) is 0.754. The van der Waals surface area contributed by atoms with E-state index in [4.69, 9.17) is 5.11 Å². The van der Waals surface area contributed by atoms with Gasteiger partial charge in [-0.05, 0) is 19.3 Å². The van der Waals surface area contributed by atoms with Crippen molar-refractivity contribution < 1.29 is 18.7 Å². The standard InChI is InChI=1S/C11H22F2N2O2/c1-8(2)4-5-14-10(17)9(3)15-6-11(12,13)7-16/h8-9,15-16H,4-7H2,1-3H3,(H,14,17). The van der Waals surface area contributed by atoms with Crippen molar-refractivity contribution in [3.05, 3.63) is 0 Å². The molecule has 0 aromatic heterocycles. The first-order chi connectivity index (χ1) is 7.78. The summed E-state index contributed by atoms with van der Waals surface area (Å²) in [4.78, 5) is 11.4. The fourth-order valence-electron chi connectivity index (χ4n) is 1.09. The lowest BCUT2D eigenvalue weighted by molar-refractivity contribution is -0.123. The van der Waals surface area contributed by atoms with Gasteiger partial charge in [0.2, 0.25) is 5.91 Å². The molecule has 0 saturated carbocycles. The molecule has 17 heavy (non-hydrogen) atoms. The molecule has 0 rings (SSSR count). The zero-order chi connectivity index (χ0) is 13.5. The molecular weight excluding hydrogens is 230 g/mol. The number of carbonyl (C=O) groups is 1. The number of aliphatic hydroxyl groups is 1. The number of alkyl halides is 2. The number of aliphatic hydroxyl groups excluding tert-OH is 1. The van der Waals surface area contributed by atoms with Crippen LogP contribution in [0.1, 0.15) is 27.2 Å². The zero-order valence-corrected chi connectivity index (χ0v) is 10.6. The highest BCUT2D eigenvalue weighted by Crippen LogP contribution is 2.09. The summed E-state index contributed by atoms with van der Waals surface area (Å²) in [6, 6.07) is -0.695. The van der Waals surface area contributed by atoms with E-state index in [1.807, 2.05) is 13.8 Å². The topological polar surface area (TPSA) is 61.4 Å². The van der Waals surface area contributed by atoms with Crippen molar-refractivity contribution in [1.82, 2.24) is 10.6 Å². The molecule has 1 atom stereocenters. The van der Waals surface area contributed by atoms with Gasteiger partial charge in [-0.1, -0.05) is 13.8 Å². The number of hydrogen-bond acceptors (Lipinski definition) is 3. The van der Waals surface area contributed by atoms with Crippen LogP contribution < -0.4 is 10.6 Å². The Bertz CT molecular complexity index is 236. The van der Waals surface area contributed by atoms with E-state index in [0.29, 0.717) is 12.5 Å². The minimum absolute atomic E-state index is 0.306. The van der Waals surface area contributed by atoms with Gasteiger partial charge in [-0.3, -0.25) is 4.79 Å². The number of rotatable bonds is 8. The van der Waals surface area contributed by atoms with E-state index in [1.165, 1.54) is 6.92 Å². The Labute approximate surface area is 101 Å². The SMILES string of the molecule is CC(C)CCNC(=O)C(C)NCC(F)(F)CO. The Morgan fingerprint density at radius 3 is 2.41 bits per heavy atom. The van der Waals surface area contributed by atoms with Crippen molar-refractivity contribution in [2.45, 2.75) is 39.2 Å². The summed E-state index contributed by atoms with van der Waals surface area (Å²) in [6.45, 7) is 4.20. The van der Waals surface area contributed by atoms with E-state index in [0.717, 1.165) is 6.42 Å². The van der Waals surface area contributed by atoms with Gasteiger partial charge in [0.1, 0.15) is 6.61 Å². The first-order valence-electron chi connectivity index (χ1n) is 5.78. The minimum atomic E-state index is -3.19. The number of nitrogens with one attached hydrogen (secondary N) is 2. The molecule has 0 aliphatic heterocycles. The molecule has 1 unspecified atom stereocenters. The monoisotopic (exact) mass is 252 g/mol. The van der Waals surface area contributed by atoms with Crippen LogP contribution in [0.15, 0.2) is 0 Å². The lowest BCUT2D eigenvalue weighted by Gasteiger charge is -2.18. The van der Waals surface area contributed by atoms with Crippen LogP contribution >= 0.6 is 0 Å². The van der Waals surface area contributed by atoms with E-state index >= 15 is 0 Å². The van der Waals surface area contributed by atoms with Gasteiger partial charge in [0, 0.05) is 6.54 Å². The van der Waals surface area contributed by atoms with Crippen molar-refractivity contribution in [3.8, 4) is 0 Å². The van der Waals surface area contributed by atoms with Gasteiger partial charge in [0.25, 0.3) is 5.92 Å². The number of hydrogen-bond donors (Lipinski definition) is 3. The molecule has 0 aliphatic rings. The Morgan fingerprint density at radius 1 is 1.35 bits per heavy atom. The normalized spacial score (nSPS) is 13.8. The van der Waals surface area contributed by atoms with Gasteiger partial charge < -0.3 is 15.7 Å². The molecule has 102 valence electrons. The lowest BCUT2D eigenvalue weighted by Crippen LogP contribution is -2.47. The molecule has 4 nitrogen and oxygen atoms in total.